The van der Waals surface area contributed by atoms with Gasteiger partial charge in [-0.2, -0.15) is 0 Å². The number of nitrogens with zero attached hydrogens (tertiary/aromatic N) is 1. The van der Waals surface area contributed by atoms with Crippen molar-refractivity contribution >= 4 is 17.6 Å². The van der Waals surface area contributed by atoms with E-state index in [1.165, 1.54) is 0 Å². The summed E-state index contributed by atoms with van der Waals surface area (Å²) >= 11 is 0. The fourth-order valence-corrected chi connectivity index (χ4v) is 2.45. The average Bonchev–Trinajstić information content (AvgIpc) is 2.50. The van der Waals surface area contributed by atoms with E-state index < -0.39 is 12.1 Å². The third kappa shape index (κ3) is 3.74. The zero-order valence-electron chi connectivity index (χ0n) is 12.6. The van der Waals surface area contributed by atoms with Crippen molar-refractivity contribution < 1.29 is 14.3 Å². The zero-order valence-corrected chi connectivity index (χ0v) is 12.6. The summed E-state index contributed by atoms with van der Waals surface area (Å²) in [6, 6.07) is 4.96. The van der Waals surface area contributed by atoms with Gasteiger partial charge in [-0.1, -0.05) is 0 Å². The third-order valence-electron chi connectivity index (χ3n) is 3.80. The molecule has 1 saturated heterocycles. The second-order valence-corrected chi connectivity index (χ2v) is 5.50. The van der Waals surface area contributed by atoms with Gasteiger partial charge >= 0.3 is 5.97 Å². The number of rotatable bonds is 3. The molecule has 1 heterocycles. The molecule has 0 aromatic heterocycles. The number of nitrogen functional groups attached to an aromatic ring is 1. The largest absolute Gasteiger partial charge is 0.449 e. The van der Waals surface area contributed by atoms with Gasteiger partial charge in [0.2, 0.25) is 0 Å². The summed E-state index contributed by atoms with van der Waals surface area (Å²) in [6.45, 7) is 4.96. The average molecular weight is 290 g/mol. The number of hydrogen-bond donors (Lipinski definition) is 1. The maximum atomic E-state index is 12.2. The molecular formula is C16H22N2O3. The van der Waals surface area contributed by atoms with Crippen LogP contribution in [-0.4, -0.2) is 36.0 Å². The molecule has 114 valence electrons. The Hall–Kier alpha value is -2.04. The van der Waals surface area contributed by atoms with Crippen LogP contribution in [0.25, 0.3) is 0 Å². The molecule has 1 aliphatic rings. The van der Waals surface area contributed by atoms with E-state index in [0.29, 0.717) is 11.3 Å². The SMILES string of the molecule is Cc1cc(C(=O)OC(C)C(=O)N2CCCCC2)ccc1N. The van der Waals surface area contributed by atoms with E-state index >= 15 is 0 Å². The van der Waals surface area contributed by atoms with Crippen molar-refractivity contribution in [2.24, 2.45) is 0 Å². The number of anilines is 1. The molecule has 21 heavy (non-hydrogen) atoms. The van der Waals surface area contributed by atoms with Crippen LogP contribution in [-0.2, 0) is 9.53 Å². The standard InChI is InChI=1S/C16H22N2O3/c1-11-10-13(6-7-14(11)17)16(20)21-12(2)15(19)18-8-4-3-5-9-18/h6-7,10,12H,3-5,8-9,17H2,1-2H3. The fraction of sp³-hybridized carbons (Fsp3) is 0.500. The molecule has 5 nitrogen and oxygen atoms in total. The Labute approximate surface area is 125 Å². The number of carbonyl (C=O) groups is 2. The molecule has 1 aromatic rings. The Morgan fingerprint density at radius 2 is 1.90 bits per heavy atom. The first kappa shape index (κ1) is 15.4. The normalized spacial score (nSPS) is 16.4. The van der Waals surface area contributed by atoms with Crippen molar-refractivity contribution in [2.75, 3.05) is 18.8 Å². The molecule has 0 spiro atoms. The van der Waals surface area contributed by atoms with E-state index in [0.717, 1.165) is 37.9 Å². The number of carbonyl (C=O) groups excluding carboxylic acids is 2. The van der Waals surface area contributed by atoms with Gasteiger partial charge in [0, 0.05) is 18.8 Å². The molecule has 1 unspecified atom stereocenters. The van der Waals surface area contributed by atoms with E-state index in [4.69, 9.17) is 10.5 Å². The van der Waals surface area contributed by atoms with Crippen LogP contribution in [0.4, 0.5) is 5.69 Å². The van der Waals surface area contributed by atoms with Crippen molar-refractivity contribution in [1.29, 1.82) is 0 Å². The summed E-state index contributed by atoms with van der Waals surface area (Å²) in [5.41, 5.74) is 7.59. The predicted molar refractivity (Wildman–Crippen MR) is 80.9 cm³/mol. The molecule has 1 aromatic carbocycles. The number of ether oxygens (including phenoxy) is 1. The quantitative estimate of drug-likeness (QED) is 0.683. The first-order valence-electron chi connectivity index (χ1n) is 7.35. The number of esters is 1. The Kier molecular flexibility index (Phi) is 4.83. The molecule has 2 rings (SSSR count). The van der Waals surface area contributed by atoms with E-state index in [9.17, 15) is 9.59 Å². The Bertz CT molecular complexity index is 536. The van der Waals surface area contributed by atoms with Crippen LogP contribution >= 0.6 is 0 Å². The van der Waals surface area contributed by atoms with E-state index in [-0.39, 0.29) is 5.91 Å². The maximum absolute atomic E-state index is 12.2. The van der Waals surface area contributed by atoms with Crippen molar-refractivity contribution in [2.45, 2.75) is 39.2 Å². The lowest BCUT2D eigenvalue weighted by atomic mass is 10.1. The van der Waals surface area contributed by atoms with Crippen LogP contribution < -0.4 is 5.73 Å². The lowest BCUT2D eigenvalue weighted by Crippen LogP contribution is -2.42. The Balaban J connectivity index is 1.97. The smallest absolute Gasteiger partial charge is 0.338 e. The van der Waals surface area contributed by atoms with Gasteiger partial charge in [0.05, 0.1) is 5.56 Å². The number of piperidine rings is 1. The number of aryl methyl sites for hydroxylation is 1. The summed E-state index contributed by atoms with van der Waals surface area (Å²) in [7, 11) is 0. The number of benzene rings is 1. The first-order valence-corrected chi connectivity index (χ1v) is 7.35. The Morgan fingerprint density at radius 3 is 2.52 bits per heavy atom. The van der Waals surface area contributed by atoms with E-state index in [1.54, 1.807) is 30.0 Å². The number of hydrogen-bond acceptors (Lipinski definition) is 4. The number of nitrogens with two attached hydrogens (primary N) is 1. The minimum Gasteiger partial charge on any atom is -0.449 e. The van der Waals surface area contributed by atoms with Gasteiger partial charge in [-0.3, -0.25) is 4.79 Å². The maximum Gasteiger partial charge on any atom is 0.338 e. The van der Waals surface area contributed by atoms with Gasteiger partial charge in [-0.05, 0) is 56.9 Å². The summed E-state index contributed by atoms with van der Waals surface area (Å²) < 4.78 is 5.28. The highest BCUT2D eigenvalue weighted by atomic mass is 16.5. The molecular weight excluding hydrogens is 268 g/mol. The highest BCUT2D eigenvalue weighted by molar-refractivity contribution is 5.92. The Morgan fingerprint density at radius 1 is 1.24 bits per heavy atom. The van der Waals surface area contributed by atoms with Crippen LogP contribution in [0.2, 0.25) is 0 Å². The van der Waals surface area contributed by atoms with Crippen LogP contribution in [0.15, 0.2) is 18.2 Å². The molecule has 1 amide bonds. The predicted octanol–water partition coefficient (Wildman–Crippen LogP) is 2.14. The third-order valence-corrected chi connectivity index (χ3v) is 3.80. The summed E-state index contributed by atoms with van der Waals surface area (Å²) in [5, 5.41) is 0. The highest BCUT2D eigenvalue weighted by Gasteiger charge is 2.25. The van der Waals surface area contributed by atoms with Crippen molar-refractivity contribution in [3.63, 3.8) is 0 Å². The molecule has 0 bridgehead atoms. The second kappa shape index (κ2) is 6.61. The summed E-state index contributed by atoms with van der Waals surface area (Å²) in [6.07, 6.45) is 2.43. The van der Waals surface area contributed by atoms with Gasteiger partial charge in [0.25, 0.3) is 5.91 Å². The van der Waals surface area contributed by atoms with Crippen LogP contribution in [0, 0.1) is 6.92 Å². The minimum absolute atomic E-state index is 0.116. The highest BCUT2D eigenvalue weighted by Crippen LogP contribution is 2.15. The van der Waals surface area contributed by atoms with Crippen molar-refractivity contribution in [3.05, 3.63) is 29.3 Å². The van der Waals surface area contributed by atoms with Gasteiger partial charge in [0.1, 0.15) is 0 Å². The molecule has 0 saturated carbocycles. The van der Waals surface area contributed by atoms with Crippen LogP contribution in [0.3, 0.4) is 0 Å². The number of likely N-dealkylation sites (tertiary alicyclic amines) is 1. The fourth-order valence-electron chi connectivity index (χ4n) is 2.45. The van der Waals surface area contributed by atoms with Crippen molar-refractivity contribution in [1.82, 2.24) is 4.90 Å². The van der Waals surface area contributed by atoms with Crippen LogP contribution in [0.5, 0.6) is 0 Å². The van der Waals surface area contributed by atoms with Gasteiger partial charge < -0.3 is 15.4 Å². The summed E-state index contributed by atoms with van der Waals surface area (Å²) in [5.74, 6) is -0.605. The van der Waals surface area contributed by atoms with E-state index in [1.807, 2.05) is 6.92 Å². The molecule has 5 heteroatoms. The number of amides is 1. The van der Waals surface area contributed by atoms with Crippen molar-refractivity contribution in [3.8, 4) is 0 Å². The van der Waals surface area contributed by atoms with Crippen LogP contribution in [0.1, 0.15) is 42.1 Å². The molecule has 2 N–H and O–H groups in total. The zero-order chi connectivity index (χ0) is 15.4. The van der Waals surface area contributed by atoms with Gasteiger partial charge in [-0.25, -0.2) is 4.79 Å². The van der Waals surface area contributed by atoms with Gasteiger partial charge in [0.15, 0.2) is 6.10 Å². The monoisotopic (exact) mass is 290 g/mol. The molecule has 1 atom stereocenters. The van der Waals surface area contributed by atoms with Gasteiger partial charge in [-0.15, -0.1) is 0 Å². The lowest BCUT2D eigenvalue weighted by molar-refractivity contribution is -0.140. The van der Waals surface area contributed by atoms with E-state index in [2.05, 4.69) is 0 Å². The minimum atomic E-state index is -0.756. The molecule has 1 fully saturated rings. The second-order valence-electron chi connectivity index (χ2n) is 5.50. The first-order chi connectivity index (χ1) is 9.99. The lowest BCUT2D eigenvalue weighted by Gasteiger charge is -2.28. The molecule has 0 radical (unpaired) electrons. The molecule has 0 aliphatic carbocycles. The topological polar surface area (TPSA) is 72.6 Å². The molecule has 1 aliphatic heterocycles. The summed E-state index contributed by atoms with van der Waals surface area (Å²) in [4.78, 5) is 26.1.